The van der Waals surface area contributed by atoms with E-state index in [0.29, 0.717) is 12.4 Å². The highest BCUT2D eigenvalue weighted by molar-refractivity contribution is 5.74. The first-order chi connectivity index (χ1) is 11.0. The number of hydrogen-bond donors (Lipinski definition) is 2. The number of rotatable bonds is 5. The average molecular weight is 317 g/mol. The van der Waals surface area contributed by atoms with Crippen molar-refractivity contribution in [3.63, 3.8) is 0 Å². The zero-order valence-electron chi connectivity index (χ0n) is 13.2. The fraction of sp³-hybridized carbons (Fsp3) is 0.438. The number of amides is 2. The Morgan fingerprint density at radius 3 is 2.65 bits per heavy atom. The van der Waals surface area contributed by atoms with Gasteiger partial charge in [0.15, 0.2) is 5.82 Å². The highest BCUT2D eigenvalue weighted by Gasteiger charge is 2.44. The van der Waals surface area contributed by atoms with E-state index in [0.717, 1.165) is 18.4 Å². The van der Waals surface area contributed by atoms with Crippen LogP contribution in [0.25, 0.3) is 0 Å². The van der Waals surface area contributed by atoms with Gasteiger partial charge in [-0.3, -0.25) is 0 Å². The Labute approximate surface area is 134 Å². The van der Waals surface area contributed by atoms with E-state index in [-0.39, 0.29) is 23.3 Å². The molecule has 2 amide bonds. The Kier molecular flexibility index (Phi) is 4.02. The van der Waals surface area contributed by atoms with E-state index in [2.05, 4.69) is 20.8 Å². The second-order valence-electron chi connectivity index (χ2n) is 6.14. The number of aromatic nitrogens is 3. The normalized spacial score (nSPS) is 16.7. The number of halogens is 1. The van der Waals surface area contributed by atoms with E-state index in [9.17, 15) is 9.18 Å². The van der Waals surface area contributed by atoms with Gasteiger partial charge in [-0.15, -0.1) is 10.2 Å². The monoisotopic (exact) mass is 317 g/mol. The van der Waals surface area contributed by atoms with Gasteiger partial charge in [-0.1, -0.05) is 12.1 Å². The quantitative estimate of drug-likeness (QED) is 0.886. The molecule has 0 radical (unpaired) electrons. The molecular formula is C16H20FN5O. The molecule has 1 atom stereocenters. The lowest BCUT2D eigenvalue weighted by Crippen LogP contribution is -2.41. The molecule has 0 aliphatic heterocycles. The number of carbonyl (C=O) groups is 1. The standard InChI is InChI=1S/C16H20FN5O/c1-11(14-21-19-10-22(14)2)20-15(23)18-9-16(7-8-16)12-3-5-13(17)6-4-12/h3-6,10-11H,7-9H2,1-2H3,(H2,18,20,23)/t11-/m0/s1. The molecule has 7 heteroatoms. The van der Waals surface area contributed by atoms with Crippen molar-refractivity contribution in [3.05, 3.63) is 47.8 Å². The van der Waals surface area contributed by atoms with Crippen molar-refractivity contribution in [2.45, 2.75) is 31.2 Å². The Balaban J connectivity index is 1.55. The van der Waals surface area contributed by atoms with E-state index < -0.39 is 0 Å². The second-order valence-corrected chi connectivity index (χ2v) is 6.14. The first-order valence-electron chi connectivity index (χ1n) is 7.64. The molecule has 2 N–H and O–H groups in total. The predicted molar refractivity (Wildman–Crippen MR) is 83.3 cm³/mol. The minimum absolute atomic E-state index is 0.0565. The minimum atomic E-state index is -0.243. The first kappa shape index (κ1) is 15.5. The molecule has 0 saturated heterocycles. The van der Waals surface area contributed by atoms with E-state index in [4.69, 9.17) is 0 Å². The van der Waals surface area contributed by atoms with Crippen molar-refractivity contribution in [1.29, 1.82) is 0 Å². The van der Waals surface area contributed by atoms with Crippen LogP contribution in [-0.4, -0.2) is 27.3 Å². The third-order valence-electron chi connectivity index (χ3n) is 4.38. The maximum Gasteiger partial charge on any atom is 0.315 e. The zero-order valence-corrected chi connectivity index (χ0v) is 13.2. The van der Waals surface area contributed by atoms with Crippen LogP contribution in [0.15, 0.2) is 30.6 Å². The molecular weight excluding hydrogens is 297 g/mol. The van der Waals surface area contributed by atoms with Crippen molar-refractivity contribution >= 4 is 6.03 Å². The molecule has 0 unspecified atom stereocenters. The van der Waals surface area contributed by atoms with Crippen LogP contribution >= 0.6 is 0 Å². The summed E-state index contributed by atoms with van der Waals surface area (Å²) in [5, 5.41) is 13.5. The highest BCUT2D eigenvalue weighted by Crippen LogP contribution is 2.47. The minimum Gasteiger partial charge on any atom is -0.337 e. The van der Waals surface area contributed by atoms with Crippen LogP contribution < -0.4 is 10.6 Å². The van der Waals surface area contributed by atoms with E-state index >= 15 is 0 Å². The van der Waals surface area contributed by atoms with Crippen LogP contribution in [0, 0.1) is 5.82 Å². The summed E-state index contributed by atoms with van der Waals surface area (Å²) in [5.74, 6) is 0.451. The van der Waals surface area contributed by atoms with Crippen molar-refractivity contribution in [3.8, 4) is 0 Å². The van der Waals surface area contributed by atoms with Gasteiger partial charge in [0.05, 0.1) is 6.04 Å². The van der Waals surface area contributed by atoms with Crippen LogP contribution in [0.4, 0.5) is 9.18 Å². The molecule has 1 aliphatic carbocycles. The van der Waals surface area contributed by atoms with Crippen LogP contribution in [0.3, 0.4) is 0 Å². The number of benzene rings is 1. The van der Waals surface area contributed by atoms with Crippen molar-refractivity contribution < 1.29 is 9.18 Å². The second kappa shape index (κ2) is 5.98. The summed E-state index contributed by atoms with van der Waals surface area (Å²) in [6.07, 6.45) is 3.59. The predicted octanol–water partition coefficient (Wildman–Crippen LogP) is 2.05. The summed E-state index contributed by atoms with van der Waals surface area (Å²) < 4.78 is 14.8. The Bertz CT molecular complexity index is 693. The zero-order chi connectivity index (χ0) is 16.4. The molecule has 1 aliphatic rings. The smallest absolute Gasteiger partial charge is 0.315 e. The first-order valence-corrected chi connectivity index (χ1v) is 7.64. The molecule has 2 aromatic rings. The Hall–Kier alpha value is -2.44. The molecule has 3 rings (SSSR count). The summed E-state index contributed by atoms with van der Waals surface area (Å²) >= 11 is 0. The summed E-state index contributed by atoms with van der Waals surface area (Å²) in [5.41, 5.74) is 1.01. The molecule has 6 nitrogen and oxygen atoms in total. The highest BCUT2D eigenvalue weighted by atomic mass is 19.1. The van der Waals surface area contributed by atoms with E-state index in [1.54, 1.807) is 23.0 Å². The number of carbonyl (C=O) groups excluding carboxylic acids is 1. The molecule has 1 aromatic carbocycles. The van der Waals surface area contributed by atoms with Crippen LogP contribution in [0.5, 0.6) is 0 Å². The molecule has 23 heavy (non-hydrogen) atoms. The van der Waals surface area contributed by atoms with Crippen molar-refractivity contribution in [1.82, 2.24) is 25.4 Å². The number of nitrogens with one attached hydrogen (secondary N) is 2. The van der Waals surface area contributed by atoms with Crippen molar-refractivity contribution in [2.24, 2.45) is 7.05 Å². The summed E-state index contributed by atoms with van der Waals surface area (Å²) in [7, 11) is 1.83. The van der Waals surface area contributed by atoms with Gasteiger partial charge < -0.3 is 15.2 Å². The third kappa shape index (κ3) is 3.33. The maximum absolute atomic E-state index is 13.0. The molecule has 1 saturated carbocycles. The fourth-order valence-electron chi connectivity index (χ4n) is 2.77. The van der Waals surface area contributed by atoms with Gasteiger partial charge in [0.1, 0.15) is 12.1 Å². The van der Waals surface area contributed by atoms with E-state index in [1.807, 2.05) is 14.0 Å². The Morgan fingerprint density at radius 1 is 1.39 bits per heavy atom. The van der Waals surface area contributed by atoms with E-state index in [1.165, 1.54) is 12.1 Å². The number of nitrogens with zero attached hydrogens (tertiary/aromatic N) is 3. The van der Waals surface area contributed by atoms with Crippen LogP contribution in [-0.2, 0) is 12.5 Å². The third-order valence-corrected chi connectivity index (χ3v) is 4.38. The topological polar surface area (TPSA) is 71.8 Å². The van der Waals surface area contributed by atoms with Gasteiger partial charge in [-0.25, -0.2) is 9.18 Å². The van der Waals surface area contributed by atoms with Gasteiger partial charge >= 0.3 is 6.03 Å². The fourth-order valence-corrected chi connectivity index (χ4v) is 2.77. The van der Waals surface area contributed by atoms with Gasteiger partial charge in [-0.05, 0) is 37.5 Å². The summed E-state index contributed by atoms with van der Waals surface area (Å²) in [6, 6.07) is 6.04. The van der Waals surface area contributed by atoms with Gasteiger partial charge in [0.2, 0.25) is 0 Å². The lowest BCUT2D eigenvalue weighted by atomic mass is 9.96. The molecule has 1 heterocycles. The van der Waals surface area contributed by atoms with Gasteiger partial charge in [0.25, 0.3) is 0 Å². The molecule has 1 aromatic heterocycles. The van der Waals surface area contributed by atoms with Gasteiger partial charge in [0, 0.05) is 19.0 Å². The maximum atomic E-state index is 13.0. The van der Waals surface area contributed by atoms with Crippen molar-refractivity contribution in [2.75, 3.05) is 6.54 Å². The summed E-state index contributed by atoms with van der Waals surface area (Å²) in [4.78, 5) is 12.1. The number of urea groups is 1. The average Bonchev–Trinajstić information content (AvgIpc) is 3.20. The molecule has 0 bridgehead atoms. The molecule has 122 valence electrons. The number of aryl methyl sites for hydroxylation is 1. The number of hydrogen-bond acceptors (Lipinski definition) is 3. The summed E-state index contributed by atoms with van der Waals surface area (Å²) in [6.45, 7) is 2.40. The van der Waals surface area contributed by atoms with Crippen LogP contribution in [0.1, 0.15) is 37.2 Å². The molecule has 1 fully saturated rings. The SMILES string of the molecule is C[C@H](NC(=O)NCC1(c2ccc(F)cc2)CC1)c1nncn1C. The lowest BCUT2D eigenvalue weighted by Gasteiger charge is -2.18. The molecule has 0 spiro atoms. The Morgan fingerprint density at radius 2 is 2.09 bits per heavy atom. The van der Waals surface area contributed by atoms with Gasteiger partial charge in [-0.2, -0.15) is 0 Å². The largest absolute Gasteiger partial charge is 0.337 e. The van der Waals surface area contributed by atoms with Crippen LogP contribution in [0.2, 0.25) is 0 Å². The lowest BCUT2D eigenvalue weighted by molar-refractivity contribution is 0.236.